The minimum Gasteiger partial charge on any atom is -0.497 e. The molecule has 1 aliphatic heterocycles. The lowest BCUT2D eigenvalue weighted by atomic mass is 9.54. The van der Waals surface area contributed by atoms with Gasteiger partial charge in [0.1, 0.15) is 22.0 Å². The quantitative estimate of drug-likeness (QED) is 0.191. The third-order valence-corrected chi connectivity index (χ3v) is 9.30. The van der Waals surface area contributed by atoms with E-state index in [0.29, 0.717) is 33.6 Å². The number of methoxy groups -OCH3 is 1. The molecule has 39 heavy (non-hydrogen) atoms. The number of Topliss-reactive ketones (excluding diaryl/α,β-unsaturated/α-hetero) is 1. The molecule has 0 N–H and O–H groups in total. The summed E-state index contributed by atoms with van der Waals surface area (Å²) >= 11 is 14.7. The molecule has 9 heteroatoms. The highest BCUT2D eigenvalue weighted by molar-refractivity contribution is 6.36. The minimum atomic E-state index is -1.34. The van der Waals surface area contributed by atoms with Crippen LogP contribution in [0, 0.1) is 11.8 Å². The number of hydrogen-bond acceptors (Lipinski definition) is 6. The Kier molecular flexibility index (Phi) is 5.86. The zero-order valence-electron chi connectivity index (χ0n) is 21.0. The summed E-state index contributed by atoms with van der Waals surface area (Å²) < 4.78 is 10.4. The summed E-state index contributed by atoms with van der Waals surface area (Å²) in [5, 5.41) is 0. The van der Waals surface area contributed by atoms with Gasteiger partial charge >= 0.3 is 5.97 Å². The monoisotopic (exact) mass is 563 g/mol. The number of amides is 2. The number of likely N-dealkylation sites (tertiary alicyclic amines) is 1. The summed E-state index contributed by atoms with van der Waals surface area (Å²) in [4.78, 5) is 51.5. The normalized spacial score (nSPS) is 26.9. The first-order valence-electron chi connectivity index (χ1n) is 12.4. The van der Waals surface area contributed by atoms with E-state index in [0.717, 1.165) is 4.90 Å². The first-order valence-corrected chi connectivity index (χ1v) is 13.2. The Labute approximate surface area is 234 Å². The van der Waals surface area contributed by atoms with E-state index in [1.54, 1.807) is 24.3 Å². The van der Waals surface area contributed by atoms with Gasteiger partial charge in [-0.05, 0) is 53.4 Å². The van der Waals surface area contributed by atoms with E-state index in [2.05, 4.69) is 0 Å². The molecular weight excluding hydrogens is 541 g/mol. The number of halogens is 2. The molecule has 198 valence electrons. The highest BCUT2D eigenvalue weighted by atomic mass is 35.5. The van der Waals surface area contributed by atoms with E-state index < -0.39 is 57.8 Å². The molecule has 0 aromatic heterocycles. The van der Waals surface area contributed by atoms with Crippen molar-refractivity contribution in [3.05, 3.63) is 101 Å². The number of imide groups is 1. The van der Waals surface area contributed by atoms with Crippen LogP contribution >= 0.6 is 23.2 Å². The molecule has 0 unspecified atom stereocenters. The summed E-state index contributed by atoms with van der Waals surface area (Å²) in [5.41, 5.74) is 3.02. The number of carbonyl (C=O) groups is 4. The van der Waals surface area contributed by atoms with Crippen molar-refractivity contribution in [2.45, 2.75) is 22.8 Å². The van der Waals surface area contributed by atoms with Gasteiger partial charge in [0.25, 0.3) is 0 Å². The Morgan fingerprint density at radius 1 is 0.821 bits per heavy atom. The van der Waals surface area contributed by atoms with Gasteiger partial charge in [-0.2, -0.15) is 0 Å². The van der Waals surface area contributed by atoms with Gasteiger partial charge in [-0.15, -0.1) is 23.2 Å². The number of alkyl halides is 2. The van der Waals surface area contributed by atoms with Gasteiger partial charge in [0, 0.05) is 5.56 Å². The molecule has 0 radical (unpaired) electrons. The Hall–Kier alpha value is -3.68. The fourth-order valence-electron chi connectivity index (χ4n) is 6.29. The van der Waals surface area contributed by atoms with Crippen LogP contribution in [0.5, 0.6) is 5.75 Å². The predicted molar refractivity (Wildman–Crippen MR) is 143 cm³/mol. The number of ether oxygens (including phenoxy) is 2. The van der Waals surface area contributed by atoms with Crippen LogP contribution in [0.1, 0.15) is 39.5 Å². The average Bonchev–Trinajstić information content (AvgIpc) is 3.21. The molecule has 1 saturated heterocycles. The van der Waals surface area contributed by atoms with Gasteiger partial charge in [-0.3, -0.25) is 24.1 Å². The topological polar surface area (TPSA) is 90.0 Å². The summed E-state index contributed by atoms with van der Waals surface area (Å²) in [5.74, 6) is -3.96. The molecule has 3 aromatic rings. The maximum Gasteiger partial charge on any atom is 0.326 e. The fraction of sp³-hybridized carbons (Fsp3) is 0.267. The SMILES string of the molecule is COc1ccc(C(=O)[C@H](C)OC(=O)CN2C(=O)[C@H]3[C@H](C2=O)C2(Cl)c4ccccc4C3(Cl)c3ccccc32)cc1. The summed E-state index contributed by atoms with van der Waals surface area (Å²) in [6.07, 6.45) is -1.13. The van der Waals surface area contributed by atoms with E-state index in [9.17, 15) is 19.2 Å². The summed E-state index contributed by atoms with van der Waals surface area (Å²) in [6.45, 7) is 0.782. The standard InChI is InChI=1S/C30H23Cl2NO6/c1-16(26(35)17-11-13-18(38-2)14-12-17)39-23(34)15-33-27(36)24-25(28(33)37)30(32)20-8-4-3-7-19(20)29(24,31)21-9-5-6-10-22(21)30/h3-14,16,24-25H,15H2,1-2H3/t16-,24+,25+,29?,30?/m0/s1. The fourth-order valence-corrected chi connectivity index (χ4v) is 7.39. The van der Waals surface area contributed by atoms with Crippen LogP contribution in [0.4, 0.5) is 0 Å². The van der Waals surface area contributed by atoms with Gasteiger partial charge in [-0.1, -0.05) is 48.5 Å². The van der Waals surface area contributed by atoms with Crippen LogP contribution in [-0.4, -0.2) is 48.2 Å². The Bertz CT molecular complexity index is 1430. The maximum absolute atomic E-state index is 13.8. The van der Waals surface area contributed by atoms with Crippen molar-refractivity contribution in [2.24, 2.45) is 11.8 Å². The molecule has 2 bridgehead atoms. The number of hydrogen-bond donors (Lipinski definition) is 0. The second-order valence-corrected chi connectivity index (χ2v) is 11.1. The average molecular weight is 564 g/mol. The molecule has 0 saturated carbocycles. The molecule has 7 nitrogen and oxygen atoms in total. The van der Waals surface area contributed by atoms with Crippen molar-refractivity contribution >= 4 is 46.8 Å². The number of benzene rings is 3. The van der Waals surface area contributed by atoms with E-state index in [1.165, 1.54) is 14.0 Å². The molecule has 4 aliphatic rings. The van der Waals surface area contributed by atoms with Crippen molar-refractivity contribution < 1.29 is 28.7 Å². The van der Waals surface area contributed by atoms with Gasteiger partial charge in [-0.25, -0.2) is 0 Å². The lowest BCUT2D eigenvalue weighted by molar-refractivity contribution is -0.154. The first-order chi connectivity index (χ1) is 18.6. The van der Waals surface area contributed by atoms with E-state index >= 15 is 0 Å². The Morgan fingerprint density at radius 2 is 1.26 bits per heavy atom. The largest absolute Gasteiger partial charge is 0.497 e. The zero-order valence-corrected chi connectivity index (χ0v) is 22.5. The molecule has 3 aliphatic carbocycles. The molecule has 7 rings (SSSR count). The van der Waals surface area contributed by atoms with Crippen LogP contribution in [-0.2, 0) is 28.9 Å². The second kappa shape index (κ2) is 8.93. The molecule has 1 fully saturated rings. The van der Waals surface area contributed by atoms with Crippen molar-refractivity contribution in [1.82, 2.24) is 4.90 Å². The smallest absolute Gasteiger partial charge is 0.326 e. The number of ketones is 1. The van der Waals surface area contributed by atoms with Crippen LogP contribution < -0.4 is 4.74 Å². The third-order valence-electron chi connectivity index (χ3n) is 8.02. The van der Waals surface area contributed by atoms with E-state index in [4.69, 9.17) is 32.7 Å². The lowest BCUT2D eigenvalue weighted by Crippen LogP contribution is -2.57. The highest BCUT2D eigenvalue weighted by Gasteiger charge is 2.73. The summed E-state index contributed by atoms with van der Waals surface area (Å²) in [7, 11) is 1.51. The van der Waals surface area contributed by atoms with Crippen LogP contribution in [0.25, 0.3) is 0 Å². The Balaban J connectivity index is 1.29. The lowest BCUT2D eigenvalue weighted by Gasteiger charge is -2.54. The van der Waals surface area contributed by atoms with Crippen LogP contribution in [0.2, 0.25) is 0 Å². The number of esters is 1. The molecule has 0 spiro atoms. The summed E-state index contributed by atoms with van der Waals surface area (Å²) in [6, 6.07) is 21.0. The molecule has 3 aromatic carbocycles. The molecule has 2 amide bonds. The van der Waals surface area contributed by atoms with Gasteiger partial charge < -0.3 is 9.47 Å². The van der Waals surface area contributed by atoms with Gasteiger partial charge in [0.15, 0.2) is 6.10 Å². The molecular formula is C30H23Cl2NO6. The number of nitrogens with zero attached hydrogens (tertiary/aromatic N) is 1. The van der Waals surface area contributed by atoms with Crippen molar-refractivity contribution in [3.8, 4) is 5.75 Å². The third kappa shape index (κ3) is 3.42. The van der Waals surface area contributed by atoms with Crippen LogP contribution in [0.15, 0.2) is 72.8 Å². The first kappa shape index (κ1) is 25.6. The molecule has 3 atom stereocenters. The highest BCUT2D eigenvalue weighted by Crippen LogP contribution is 2.69. The Morgan fingerprint density at radius 3 is 1.67 bits per heavy atom. The van der Waals surface area contributed by atoms with Crippen molar-refractivity contribution in [1.29, 1.82) is 0 Å². The van der Waals surface area contributed by atoms with Crippen molar-refractivity contribution in [3.63, 3.8) is 0 Å². The zero-order chi connectivity index (χ0) is 27.7. The van der Waals surface area contributed by atoms with Gasteiger partial charge in [0.2, 0.25) is 17.6 Å². The second-order valence-electron chi connectivity index (χ2n) is 9.96. The molecule has 1 heterocycles. The maximum atomic E-state index is 13.8. The van der Waals surface area contributed by atoms with Crippen molar-refractivity contribution in [2.75, 3.05) is 13.7 Å². The van der Waals surface area contributed by atoms with Gasteiger partial charge in [0.05, 0.1) is 18.9 Å². The van der Waals surface area contributed by atoms with E-state index in [1.807, 2.05) is 48.5 Å². The predicted octanol–water partition coefficient (Wildman–Crippen LogP) is 4.40. The minimum absolute atomic E-state index is 0.329. The van der Waals surface area contributed by atoms with Crippen LogP contribution in [0.3, 0.4) is 0 Å². The number of carbonyl (C=O) groups excluding carboxylic acids is 4. The van der Waals surface area contributed by atoms with E-state index in [-0.39, 0.29) is 0 Å². The number of rotatable bonds is 6.